The zero-order valence-electron chi connectivity index (χ0n) is 20.1. The topological polar surface area (TPSA) is 58.6 Å². The smallest absolute Gasteiger partial charge is 0.261 e. The second-order valence-electron chi connectivity index (χ2n) is 8.33. The molecule has 0 fully saturated rings. The fourth-order valence-corrected chi connectivity index (χ4v) is 4.15. The van der Waals surface area contributed by atoms with Gasteiger partial charge in [-0.2, -0.15) is 0 Å². The van der Waals surface area contributed by atoms with Crippen molar-refractivity contribution in [2.45, 2.75) is 38.8 Å². The molecule has 0 saturated heterocycles. The number of amides is 2. The van der Waals surface area contributed by atoms with E-state index in [2.05, 4.69) is 5.32 Å². The summed E-state index contributed by atoms with van der Waals surface area (Å²) >= 11 is 12.5. The molecule has 36 heavy (non-hydrogen) atoms. The molecule has 3 aromatic carbocycles. The molecule has 0 aliphatic heterocycles. The molecule has 0 aliphatic rings. The summed E-state index contributed by atoms with van der Waals surface area (Å²) in [6, 6.07) is 19.5. The third-order valence-corrected chi connectivity index (χ3v) is 6.23. The van der Waals surface area contributed by atoms with E-state index >= 15 is 0 Å². The molecule has 0 radical (unpaired) electrons. The Morgan fingerprint density at radius 1 is 1.03 bits per heavy atom. The van der Waals surface area contributed by atoms with Gasteiger partial charge >= 0.3 is 0 Å². The average Bonchev–Trinajstić information content (AvgIpc) is 2.87. The van der Waals surface area contributed by atoms with E-state index in [1.54, 1.807) is 24.3 Å². The molecule has 3 rings (SSSR count). The predicted octanol–water partition coefficient (Wildman–Crippen LogP) is 6.07. The lowest BCUT2D eigenvalue weighted by atomic mass is 10.0. The summed E-state index contributed by atoms with van der Waals surface area (Å²) in [6.45, 7) is 2.13. The minimum absolute atomic E-state index is 0.0395. The van der Waals surface area contributed by atoms with E-state index in [0.717, 1.165) is 18.4 Å². The molecule has 0 spiro atoms. The van der Waals surface area contributed by atoms with E-state index in [1.165, 1.54) is 23.1 Å². The van der Waals surface area contributed by atoms with E-state index in [1.807, 2.05) is 37.3 Å². The van der Waals surface area contributed by atoms with Crippen molar-refractivity contribution in [3.05, 3.63) is 99.8 Å². The highest BCUT2D eigenvalue weighted by atomic mass is 35.5. The number of hydrogen-bond donors (Lipinski definition) is 1. The molecule has 1 unspecified atom stereocenters. The van der Waals surface area contributed by atoms with Gasteiger partial charge in [0.1, 0.15) is 6.04 Å². The molecule has 1 atom stereocenters. The number of nitrogens with zero attached hydrogens (tertiary/aromatic N) is 1. The Balaban J connectivity index is 1.92. The van der Waals surface area contributed by atoms with Gasteiger partial charge in [0.25, 0.3) is 5.91 Å². The zero-order valence-corrected chi connectivity index (χ0v) is 21.6. The molecule has 190 valence electrons. The van der Waals surface area contributed by atoms with Crippen molar-refractivity contribution in [3.63, 3.8) is 0 Å². The van der Waals surface area contributed by atoms with Crippen LogP contribution in [0, 0.1) is 5.82 Å². The molecular weight excluding hydrogens is 502 g/mol. The summed E-state index contributed by atoms with van der Waals surface area (Å²) < 4.78 is 19.6. The quantitative estimate of drug-likeness (QED) is 0.289. The van der Waals surface area contributed by atoms with Crippen LogP contribution >= 0.6 is 23.2 Å². The lowest BCUT2D eigenvalue weighted by molar-refractivity contribution is -0.142. The number of rotatable bonds is 12. The Morgan fingerprint density at radius 3 is 2.44 bits per heavy atom. The summed E-state index contributed by atoms with van der Waals surface area (Å²) in [7, 11) is 0. The van der Waals surface area contributed by atoms with Crippen LogP contribution in [0.1, 0.15) is 30.9 Å². The Hall–Kier alpha value is -3.09. The highest BCUT2D eigenvalue weighted by Gasteiger charge is 2.31. The number of carbonyl (C=O) groups excluding carboxylic acids is 2. The summed E-state index contributed by atoms with van der Waals surface area (Å²) in [6.07, 6.45) is 2.02. The zero-order chi connectivity index (χ0) is 25.9. The molecule has 0 aromatic heterocycles. The number of carbonyl (C=O) groups is 2. The highest BCUT2D eigenvalue weighted by Crippen LogP contribution is 2.24. The second kappa shape index (κ2) is 13.9. The number of hydrogen-bond acceptors (Lipinski definition) is 3. The van der Waals surface area contributed by atoms with Gasteiger partial charge in [-0.3, -0.25) is 9.59 Å². The maximum atomic E-state index is 14.1. The lowest BCUT2D eigenvalue weighted by Gasteiger charge is -2.31. The fraction of sp³-hybridized carbons (Fsp3) is 0.286. The standard InChI is InChI=1S/C28H29Cl2FN2O3/c1-2-3-15-32-28(35)25(16-20-9-5-4-6-10-20)33(18-21-13-14-22(29)17-23(21)30)27(34)19-36-26-12-8-7-11-24(26)31/h4-14,17,25H,2-3,15-16,18-19H2,1H3,(H,32,35). The van der Waals surface area contributed by atoms with Gasteiger partial charge in [-0.15, -0.1) is 0 Å². The minimum Gasteiger partial charge on any atom is -0.481 e. The number of halogens is 3. The van der Waals surface area contributed by atoms with Gasteiger partial charge in [0, 0.05) is 29.6 Å². The van der Waals surface area contributed by atoms with E-state index in [9.17, 15) is 14.0 Å². The van der Waals surface area contributed by atoms with Crippen molar-refractivity contribution >= 4 is 35.0 Å². The van der Waals surface area contributed by atoms with Crippen molar-refractivity contribution in [2.75, 3.05) is 13.2 Å². The minimum atomic E-state index is -0.840. The van der Waals surface area contributed by atoms with Gasteiger partial charge in [0.15, 0.2) is 18.2 Å². The van der Waals surface area contributed by atoms with Gasteiger partial charge < -0.3 is 15.0 Å². The van der Waals surface area contributed by atoms with Crippen LogP contribution in [-0.2, 0) is 22.6 Å². The second-order valence-corrected chi connectivity index (χ2v) is 9.17. The molecule has 2 amide bonds. The average molecular weight is 531 g/mol. The van der Waals surface area contributed by atoms with Crippen LogP contribution in [0.2, 0.25) is 10.0 Å². The SMILES string of the molecule is CCCCNC(=O)C(Cc1ccccc1)N(Cc1ccc(Cl)cc1Cl)C(=O)COc1ccccc1F. The van der Waals surface area contributed by atoms with E-state index in [-0.39, 0.29) is 24.6 Å². The maximum absolute atomic E-state index is 14.1. The summed E-state index contributed by atoms with van der Waals surface area (Å²) in [5.74, 6) is -1.37. The van der Waals surface area contributed by atoms with Crippen LogP contribution in [0.3, 0.4) is 0 Å². The molecule has 0 bridgehead atoms. The van der Waals surface area contributed by atoms with E-state index in [0.29, 0.717) is 22.2 Å². The number of ether oxygens (including phenoxy) is 1. The first-order valence-corrected chi connectivity index (χ1v) is 12.6. The van der Waals surface area contributed by atoms with Gasteiger partial charge in [0.2, 0.25) is 5.91 Å². The normalized spacial score (nSPS) is 11.6. The van der Waals surface area contributed by atoms with Gasteiger partial charge in [-0.05, 0) is 41.8 Å². The summed E-state index contributed by atoms with van der Waals surface area (Å²) in [5.41, 5.74) is 1.52. The predicted molar refractivity (Wildman–Crippen MR) is 141 cm³/mol. The van der Waals surface area contributed by atoms with Crippen molar-refractivity contribution in [1.29, 1.82) is 0 Å². The van der Waals surface area contributed by atoms with Crippen LogP contribution in [0.5, 0.6) is 5.75 Å². The molecule has 0 heterocycles. The van der Waals surface area contributed by atoms with Crippen molar-refractivity contribution in [2.24, 2.45) is 0 Å². The molecule has 0 saturated carbocycles. The Morgan fingerprint density at radius 2 is 1.75 bits per heavy atom. The van der Waals surface area contributed by atoms with Gasteiger partial charge in [0.05, 0.1) is 0 Å². The highest BCUT2D eigenvalue weighted by molar-refractivity contribution is 6.35. The third kappa shape index (κ3) is 7.97. The van der Waals surface area contributed by atoms with Gasteiger partial charge in [-0.1, -0.05) is 85.1 Å². The van der Waals surface area contributed by atoms with E-state index in [4.69, 9.17) is 27.9 Å². The van der Waals surface area contributed by atoms with Crippen LogP contribution < -0.4 is 10.1 Å². The van der Waals surface area contributed by atoms with Crippen LogP contribution in [-0.4, -0.2) is 35.9 Å². The first kappa shape index (κ1) is 27.5. The summed E-state index contributed by atoms with van der Waals surface area (Å²) in [5, 5.41) is 3.78. The molecule has 0 aliphatic carbocycles. The fourth-order valence-electron chi connectivity index (χ4n) is 3.68. The Labute approximate surface area is 221 Å². The first-order chi connectivity index (χ1) is 17.4. The molecule has 1 N–H and O–H groups in total. The number of nitrogens with one attached hydrogen (secondary N) is 1. The molecule has 3 aromatic rings. The maximum Gasteiger partial charge on any atom is 0.261 e. The van der Waals surface area contributed by atoms with Crippen LogP contribution in [0.25, 0.3) is 0 Å². The Kier molecular flexibility index (Phi) is 10.6. The molecular formula is C28H29Cl2FN2O3. The van der Waals surface area contributed by atoms with Gasteiger partial charge in [-0.25, -0.2) is 4.39 Å². The van der Waals surface area contributed by atoms with Crippen molar-refractivity contribution < 1.29 is 18.7 Å². The number of benzene rings is 3. The van der Waals surface area contributed by atoms with Crippen LogP contribution in [0.4, 0.5) is 4.39 Å². The molecule has 5 nitrogen and oxygen atoms in total. The monoisotopic (exact) mass is 530 g/mol. The third-order valence-electron chi connectivity index (χ3n) is 5.64. The number of unbranched alkanes of at least 4 members (excludes halogenated alkanes) is 1. The first-order valence-electron chi connectivity index (χ1n) is 11.8. The molecule has 8 heteroatoms. The van der Waals surface area contributed by atoms with E-state index < -0.39 is 24.4 Å². The summed E-state index contributed by atoms with van der Waals surface area (Å²) in [4.78, 5) is 28.3. The Bertz CT molecular complexity index is 1160. The largest absolute Gasteiger partial charge is 0.481 e. The lowest BCUT2D eigenvalue weighted by Crippen LogP contribution is -2.51. The van der Waals surface area contributed by atoms with Crippen molar-refractivity contribution in [3.8, 4) is 5.75 Å². The van der Waals surface area contributed by atoms with Crippen molar-refractivity contribution in [1.82, 2.24) is 10.2 Å². The number of para-hydroxylation sites is 1. The van der Waals surface area contributed by atoms with Crippen LogP contribution in [0.15, 0.2) is 72.8 Å².